The van der Waals surface area contributed by atoms with Gasteiger partial charge in [-0.25, -0.2) is 30.4 Å². The number of hydrogen-bond donors (Lipinski definition) is 2. The molecule has 212 valence electrons. The van der Waals surface area contributed by atoms with E-state index in [0.29, 0.717) is 16.3 Å². The van der Waals surface area contributed by atoms with E-state index in [0.717, 1.165) is 6.26 Å². The molecule has 0 bridgehead atoms. The highest BCUT2D eigenvalue weighted by Gasteiger charge is 2.27. The number of aliphatic hydroxyl groups excluding tert-OH is 1. The van der Waals surface area contributed by atoms with Crippen LogP contribution in [-0.2, 0) is 23.0 Å². The van der Waals surface area contributed by atoms with Gasteiger partial charge < -0.3 is 9.84 Å². The highest BCUT2D eigenvalue weighted by molar-refractivity contribution is 7.92. The number of halogens is 7. The van der Waals surface area contributed by atoms with Gasteiger partial charge in [0.1, 0.15) is 18.5 Å². The summed E-state index contributed by atoms with van der Waals surface area (Å²) in [5.41, 5.74) is -0.0651. The van der Waals surface area contributed by atoms with Gasteiger partial charge in [0, 0.05) is 30.9 Å². The van der Waals surface area contributed by atoms with Crippen LogP contribution in [0.25, 0.3) is 0 Å². The molecule has 0 aromatic heterocycles. The van der Waals surface area contributed by atoms with Gasteiger partial charge in [-0.2, -0.15) is 0 Å². The van der Waals surface area contributed by atoms with Gasteiger partial charge >= 0.3 is 0 Å². The van der Waals surface area contributed by atoms with Crippen LogP contribution in [0.4, 0.5) is 27.6 Å². The summed E-state index contributed by atoms with van der Waals surface area (Å²) < 4.78 is 100. The van der Waals surface area contributed by atoms with E-state index in [1.165, 1.54) is 29.2 Å². The summed E-state index contributed by atoms with van der Waals surface area (Å²) in [6.07, 6.45) is -0.00351. The van der Waals surface area contributed by atoms with Crippen LogP contribution < -0.4 is 9.46 Å². The van der Waals surface area contributed by atoms with E-state index in [-0.39, 0.29) is 36.9 Å². The summed E-state index contributed by atoms with van der Waals surface area (Å²) in [5, 5.41) is 11.1. The second-order valence-corrected chi connectivity index (χ2v) is 11.2. The normalized spacial score (nSPS) is 12.6. The number of ether oxygens (including phenoxy) is 1. The van der Waals surface area contributed by atoms with Crippen LogP contribution >= 0.6 is 23.2 Å². The molecule has 0 aliphatic heterocycles. The van der Waals surface area contributed by atoms with Crippen LogP contribution in [0.2, 0.25) is 10.0 Å². The molecule has 14 heteroatoms. The van der Waals surface area contributed by atoms with Gasteiger partial charge in [-0.15, -0.1) is 0 Å². The van der Waals surface area contributed by atoms with Crippen molar-refractivity contribution in [1.82, 2.24) is 4.90 Å². The van der Waals surface area contributed by atoms with Gasteiger partial charge in [-0.1, -0.05) is 29.3 Å². The van der Waals surface area contributed by atoms with E-state index in [4.69, 9.17) is 27.9 Å². The quantitative estimate of drug-likeness (QED) is 0.159. The number of benzene rings is 3. The van der Waals surface area contributed by atoms with Crippen LogP contribution in [0.5, 0.6) is 5.75 Å². The summed E-state index contributed by atoms with van der Waals surface area (Å²) in [5.74, 6) is -10.0. The molecule has 3 aromatic carbocycles. The molecule has 0 aliphatic rings. The zero-order chi connectivity index (χ0) is 28.9. The summed E-state index contributed by atoms with van der Waals surface area (Å²) in [6.45, 7) is -1.20. The molecule has 0 saturated heterocycles. The third-order valence-electron chi connectivity index (χ3n) is 5.45. The SMILES string of the molecule is CS(=O)(=O)Nc1ccc(OC[C@@H](O)CN(CCc2ccc(Cl)c(Cl)c2)Cc2c(F)c(F)c(F)c(F)c2F)cc1. The van der Waals surface area contributed by atoms with E-state index in [1.54, 1.807) is 18.2 Å². The monoisotopic (exact) mass is 612 g/mol. The molecule has 0 unspecified atom stereocenters. The Hall–Kier alpha value is -2.64. The second-order valence-electron chi connectivity index (χ2n) is 8.65. The predicted octanol–water partition coefficient (Wildman–Crippen LogP) is 5.55. The van der Waals surface area contributed by atoms with Gasteiger partial charge in [-0.05, 0) is 48.4 Å². The smallest absolute Gasteiger partial charge is 0.229 e. The molecule has 0 spiro atoms. The molecular formula is C25H23Cl2F5N2O4S. The maximum Gasteiger partial charge on any atom is 0.229 e. The second kappa shape index (κ2) is 13.1. The molecule has 0 radical (unpaired) electrons. The van der Waals surface area contributed by atoms with Gasteiger partial charge in [0.05, 0.1) is 16.3 Å². The molecule has 0 heterocycles. The Labute approximate surface area is 232 Å². The molecule has 0 saturated carbocycles. The molecule has 0 fully saturated rings. The van der Waals surface area contributed by atoms with Gasteiger partial charge in [-0.3, -0.25) is 9.62 Å². The standard InChI is InChI=1S/C25H23Cl2F5N2O4S/c1-39(36,37)33-15-3-5-17(6-4-15)38-13-16(35)11-34(9-8-14-2-7-19(26)20(27)10-14)12-18-21(28)23(30)25(32)24(31)22(18)29/h2-7,10,16,33,35H,8-9,11-13H2,1H3/t16-/m0/s1. The van der Waals surface area contributed by atoms with Crippen LogP contribution in [0.1, 0.15) is 11.1 Å². The Morgan fingerprint density at radius 3 is 2.08 bits per heavy atom. The van der Waals surface area contributed by atoms with Crippen molar-refractivity contribution < 1.29 is 40.2 Å². The van der Waals surface area contributed by atoms with Crippen molar-refractivity contribution in [2.75, 3.05) is 30.7 Å². The van der Waals surface area contributed by atoms with E-state index < -0.39 is 57.3 Å². The number of anilines is 1. The fourth-order valence-corrected chi connectivity index (χ4v) is 4.49. The average molecular weight is 613 g/mol. The van der Waals surface area contributed by atoms with Gasteiger partial charge in [0.25, 0.3) is 0 Å². The van der Waals surface area contributed by atoms with E-state index >= 15 is 0 Å². The number of rotatable bonds is 12. The van der Waals surface area contributed by atoms with Crippen LogP contribution in [-0.4, -0.2) is 50.5 Å². The molecule has 39 heavy (non-hydrogen) atoms. The van der Waals surface area contributed by atoms with Gasteiger partial charge in [0.2, 0.25) is 15.8 Å². The minimum atomic E-state index is -3.47. The third-order valence-corrected chi connectivity index (χ3v) is 6.80. The first-order chi connectivity index (χ1) is 18.2. The van der Waals surface area contributed by atoms with Crippen molar-refractivity contribution in [1.29, 1.82) is 0 Å². The lowest BCUT2D eigenvalue weighted by molar-refractivity contribution is 0.0649. The predicted molar refractivity (Wildman–Crippen MR) is 138 cm³/mol. The van der Waals surface area contributed by atoms with Crippen molar-refractivity contribution in [3.05, 3.63) is 92.7 Å². The minimum absolute atomic E-state index is 0.0420. The molecule has 3 rings (SSSR count). The number of hydrogen-bond acceptors (Lipinski definition) is 5. The fourth-order valence-electron chi connectivity index (χ4n) is 3.61. The largest absolute Gasteiger partial charge is 0.491 e. The zero-order valence-corrected chi connectivity index (χ0v) is 22.7. The number of sulfonamides is 1. The number of nitrogens with one attached hydrogen (secondary N) is 1. The minimum Gasteiger partial charge on any atom is -0.491 e. The number of aliphatic hydroxyl groups is 1. The van der Waals surface area contributed by atoms with Crippen molar-refractivity contribution >= 4 is 38.9 Å². The van der Waals surface area contributed by atoms with Gasteiger partial charge in [0.15, 0.2) is 23.3 Å². The van der Waals surface area contributed by atoms with Crippen LogP contribution in [0, 0.1) is 29.1 Å². The van der Waals surface area contributed by atoms with Crippen LogP contribution in [0.15, 0.2) is 42.5 Å². The lowest BCUT2D eigenvalue weighted by atomic mass is 10.1. The number of nitrogens with zero attached hydrogens (tertiary/aromatic N) is 1. The Bertz CT molecular complexity index is 1400. The molecule has 6 nitrogen and oxygen atoms in total. The van der Waals surface area contributed by atoms with Crippen molar-refractivity contribution in [3.8, 4) is 5.75 Å². The Balaban J connectivity index is 1.73. The summed E-state index contributed by atoms with van der Waals surface area (Å²) in [7, 11) is -3.47. The first-order valence-electron chi connectivity index (χ1n) is 11.3. The van der Waals surface area contributed by atoms with Crippen molar-refractivity contribution in [2.45, 2.75) is 19.1 Å². The fraction of sp³-hybridized carbons (Fsp3) is 0.280. The lowest BCUT2D eigenvalue weighted by Crippen LogP contribution is -2.37. The van der Waals surface area contributed by atoms with E-state index in [9.17, 15) is 35.5 Å². The lowest BCUT2D eigenvalue weighted by Gasteiger charge is -2.26. The molecule has 1 atom stereocenters. The topological polar surface area (TPSA) is 78.9 Å². The Morgan fingerprint density at radius 1 is 0.923 bits per heavy atom. The maximum atomic E-state index is 14.4. The molecule has 0 amide bonds. The highest BCUT2D eigenvalue weighted by Crippen LogP contribution is 2.26. The summed E-state index contributed by atoms with van der Waals surface area (Å²) >= 11 is 11.9. The van der Waals surface area contributed by atoms with Crippen LogP contribution in [0.3, 0.4) is 0 Å². The maximum absolute atomic E-state index is 14.4. The first kappa shape index (κ1) is 30.9. The Kier molecular flexibility index (Phi) is 10.4. The van der Waals surface area contributed by atoms with E-state index in [1.807, 2.05) is 0 Å². The van der Waals surface area contributed by atoms with Crippen molar-refractivity contribution in [2.24, 2.45) is 0 Å². The third kappa shape index (κ3) is 8.67. The molecular weight excluding hydrogens is 590 g/mol. The summed E-state index contributed by atoms with van der Waals surface area (Å²) in [4.78, 5) is 1.31. The molecule has 2 N–H and O–H groups in total. The molecule has 0 aliphatic carbocycles. The highest BCUT2D eigenvalue weighted by atomic mass is 35.5. The zero-order valence-electron chi connectivity index (χ0n) is 20.3. The average Bonchev–Trinajstić information content (AvgIpc) is 2.88. The van der Waals surface area contributed by atoms with Crippen molar-refractivity contribution in [3.63, 3.8) is 0 Å². The first-order valence-corrected chi connectivity index (χ1v) is 13.9. The molecule has 3 aromatic rings. The summed E-state index contributed by atoms with van der Waals surface area (Å²) in [6, 6.07) is 10.6. The Morgan fingerprint density at radius 2 is 1.51 bits per heavy atom. The van der Waals surface area contributed by atoms with E-state index in [2.05, 4.69) is 4.72 Å².